The molecular formula is C13H15ClN4O3S3. The van der Waals surface area contributed by atoms with Crippen LogP contribution in [0.2, 0.25) is 5.02 Å². The van der Waals surface area contributed by atoms with Crippen LogP contribution in [0.25, 0.3) is 0 Å². The monoisotopic (exact) mass is 406 g/mol. The standard InChI is InChI=1S/C13H15ClN4O3S3/c1-3-22-13-17-16-12(23-13)15-11(19)8-18(24(2,20)21)10-6-4-9(14)5-7-10/h4-7H,3,8H2,1-2H3,(H,15,16,19). The molecule has 7 nitrogen and oxygen atoms in total. The maximum atomic E-state index is 12.2. The molecule has 11 heteroatoms. The SMILES string of the molecule is CCSc1nnc(NC(=O)CN(c2ccc(Cl)cc2)S(C)(=O)=O)s1. The predicted molar refractivity (Wildman–Crippen MR) is 98.6 cm³/mol. The van der Waals surface area contributed by atoms with Gasteiger partial charge in [0.2, 0.25) is 21.1 Å². The van der Waals surface area contributed by atoms with Gasteiger partial charge in [0, 0.05) is 5.02 Å². The number of hydrogen-bond donors (Lipinski definition) is 1. The van der Waals surface area contributed by atoms with E-state index in [1.165, 1.54) is 35.2 Å². The van der Waals surface area contributed by atoms with E-state index in [4.69, 9.17) is 11.6 Å². The number of anilines is 2. The largest absolute Gasteiger partial charge is 0.299 e. The van der Waals surface area contributed by atoms with Gasteiger partial charge in [-0.25, -0.2) is 8.42 Å². The van der Waals surface area contributed by atoms with E-state index in [9.17, 15) is 13.2 Å². The maximum absolute atomic E-state index is 12.2. The zero-order valence-electron chi connectivity index (χ0n) is 12.9. The van der Waals surface area contributed by atoms with Crippen LogP contribution in [0.1, 0.15) is 6.92 Å². The van der Waals surface area contributed by atoms with Crippen molar-refractivity contribution >= 4 is 61.4 Å². The molecule has 0 saturated carbocycles. The summed E-state index contributed by atoms with van der Waals surface area (Å²) >= 11 is 8.56. The van der Waals surface area contributed by atoms with Crippen LogP contribution in [0.5, 0.6) is 0 Å². The van der Waals surface area contributed by atoms with Gasteiger partial charge in [0.05, 0.1) is 11.9 Å². The number of benzene rings is 1. The fourth-order valence-corrected chi connectivity index (χ4v) is 4.39. The summed E-state index contributed by atoms with van der Waals surface area (Å²) in [6, 6.07) is 6.20. The summed E-state index contributed by atoms with van der Waals surface area (Å²) in [5.41, 5.74) is 0.358. The van der Waals surface area contributed by atoms with Crippen LogP contribution in [0.15, 0.2) is 28.6 Å². The number of thioether (sulfide) groups is 1. The van der Waals surface area contributed by atoms with Gasteiger partial charge in [-0.15, -0.1) is 10.2 Å². The molecule has 0 bridgehead atoms. The van der Waals surface area contributed by atoms with Gasteiger partial charge in [-0.3, -0.25) is 14.4 Å². The number of hydrogen-bond acceptors (Lipinski definition) is 7. The molecule has 1 amide bonds. The first kappa shape index (κ1) is 19.0. The van der Waals surface area contributed by atoms with Gasteiger partial charge in [-0.05, 0) is 30.0 Å². The zero-order valence-corrected chi connectivity index (χ0v) is 16.1. The van der Waals surface area contributed by atoms with E-state index < -0.39 is 15.9 Å². The molecule has 1 N–H and O–H groups in total. The average molecular weight is 407 g/mol. The summed E-state index contributed by atoms with van der Waals surface area (Å²) in [4.78, 5) is 12.2. The number of carbonyl (C=O) groups excluding carboxylic acids is 1. The van der Waals surface area contributed by atoms with E-state index in [2.05, 4.69) is 15.5 Å². The molecule has 2 aromatic rings. The van der Waals surface area contributed by atoms with Gasteiger partial charge in [-0.2, -0.15) is 0 Å². The molecule has 0 spiro atoms. The van der Waals surface area contributed by atoms with Crippen molar-refractivity contribution in [1.82, 2.24) is 10.2 Å². The summed E-state index contributed by atoms with van der Waals surface area (Å²) in [6.45, 7) is 1.62. The molecule has 1 aromatic heterocycles. The Labute approximate surface area is 153 Å². The van der Waals surface area contributed by atoms with E-state index in [1.54, 1.807) is 12.1 Å². The molecule has 0 aliphatic carbocycles. The summed E-state index contributed by atoms with van der Waals surface area (Å²) in [6.07, 6.45) is 1.04. The number of nitrogens with zero attached hydrogens (tertiary/aromatic N) is 3. The smallest absolute Gasteiger partial charge is 0.246 e. The Hall–Kier alpha value is -1.36. The fraction of sp³-hybridized carbons (Fsp3) is 0.308. The Balaban J connectivity index is 2.11. The van der Waals surface area contributed by atoms with Crippen LogP contribution < -0.4 is 9.62 Å². The molecule has 24 heavy (non-hydrogen) atoms. The van der Waals surface area contributed by atoms with Crippen molar-refractivity contribution < 1.29 is 13.2 Å². The summed E-state index contributed by atoms with van der Waals surface area (Å²) in [5, 5.41) is 11.2. The zero-order chi connectivity index (χ0) is 17.7. The van der Waals surface area contributed by atoms with Crippen molar-refractivity contribution in [3.63, 3.8) is 0 Å². The highest BCUT2D eigenvalue weighted by molar-refractivity contribution is 8.01. The topological polar surface area (TPSA) is 92.3 Å². The molecule has 0 saturated heterocycles. The van der Waals surface area contributed by atoms with Crippen molar-refractivity contribution in [3.05, 3.63) is 29.3 Å². The molecule has 2 rings (SSSR count). The fourth-order valence-electron chi connectivity index (χ4n) is 1.74. The van der Waals surface area contributed by atoms with E-state index in [-0.39, 0.29) is 6.54 Å². The molecular weight excluding hydrogens is 392 g/mol. The minimum atomic E-state index is -3.63. The average Bonchev–Trinajstić information content (AvgIpc) is 2.92. The predicted octanol–water partition coefficient (Wildman–Crippen LogP) is 2.71. The molecule has 1 heterocycles. The lowest BCUT2D eigenvalue weighted by molar-refractivity contribution is -0.114. The minimum Gasteiger partial charge on any atom is -0.299 e. The third-order valence-corrected chi connectivity index (χ3v) is 5.97. The number of amides is 1. The van der Waals surface area contributed by atoms with Crippen LogP contribution in [-0.4, -0.2) is 43.1 Å². The highest BCUT2D eigenvalue weighted by Gasteiger charge is 2.21. The van der Waals surface area contributed by atoms with Crippen molar-refractivity contribution in [2.45, 2.75) is 11.3 Å². The van der Waals surface area contributed by atoms with Crippen LogP contribution in [0.4, 0.5) is 10.8 Å². The van der Waals surface area contributed by atoms with Gasteiger partial charge < -0.3 is 0 Å². The molecule has 130 valence electrons. The molecule has 0 fully saturated rings. The Kier molecular flexibility index (Phi) is 6.44. The summed E-state index contributed by atoms with van der Waals surface area (Å²) in [7, 11) is -3.63. The number of rotatable bonds is 7. The lowest BCUT2D eigenvalue weighted by Crippen LogP contribution is -2.37. The Morgan fingerprint density at radius 2 is 2.00 bits per heavy atom. The second-order valence-electron chi connectivity index (χ2n) is 4.60. The number of nitrogens with one attached hydrogen (secondary N) is 1. The molecule has 0 unspecified atom stereocenters. The van der Waals surface area contributed by atoms with E-state index in [1.807, 2.05) is 6.92 Å². The molecule has 0 aliphatic rings. The Bertz CT molecular complexity index is 808. The van der Waals surface area contributed by atoms with E-state index in [0.29, 0.717) is 15.8 Å². The normalized spacial score (nSPS) is 11.3. The third kappa shape index (κ3) is 5.33. The number of aromatic nitrogens is 2. The second-order valence-corrected chi connectivity index (χ2v) is 9.43. The van der Waals surface area contributed by atoms with Crippen molar-refractivity contribution in [3.8, 4) is 0 Å². The van der Waals surface area contributed by atoms with Crippen molar-refractivity contribution in [1.29, 1.82) is 0 Å². The highest BCUT2D eigenvalue weighted by atomic mass is 35.5. The maximum Gasteiger partial charge on any atom is 0.246 e. The third-order valence-electron chi connectivity index (χ3n) is 2.72. The summed E-state index contributed by atoms with van der Waals surface area (Å²) in [5.74, 6) is 0.348. The molecule has 0 aliphatic heterocycles. The molecule has 1 aromatic carbocycles. The van der Waals surface area contributed by atoms with Crippen LogP contribution in [0.3, 0.4) is 0 Å². The van der Waals surface area contributed by atoms with Crippen molar-refractivity contribution in [2.24, 2.45) is 0 Å². The highest BCUT2D eigenvalue weighted by Crippen LogP contribution is 2.25. The number of halogens is 1. The molecule has 0 radical (unpaired) electrons. The number of sulfonamides is 1. The van der Waals surface area contributed by atoms with E-state index in [0.717, 1.165) is 20.7 Å². The van der Waals surface area contributed by atoms with Gasteiger partial charge in [0.1, 0.15) is 6.54 Å². The van der Waals surface area contributed by atoms with Gasteiger partial charge in [0.15, 0.2) is 4.34 Å². The lowest BCUT2D eigenvalue weighted by Gasteiger charge is -2.21. The Morgan fingerprint density at radius 3 is 2.58 bits per heavy atom. The first-order valence-electron chi connectivity index (χ1n) is 6.79. The summed E-state index contributed by atoms with van der Waals surface area (Å²) < 4.78 is 25.7. The quantitative estimate of drug-likeness (QED) is 0.561. The van der Waals surface area contributed by atoms with Gasteiger partial charge in [0.25, 0.3) is 0 Å². The second kappa shape index (κ2) is 8.15. The number of carbonyl (C=O) groups is 1. The lowest BCUT2D eigenvalue weighted by atomic mass is 10.3. The van der Waals surface area contributed by atoms with Gasteiger partial charge in [-0.1, -0.05) is 41.6 Å². The molecule has 0 atom stereocenters. The van der Waals surface area contributed by atoms with Crippen LogP contribution in [0, 0.1) is 0 Å². The van der Waals surface area contributed by atoms with Crippen LogP contribution >= 0.6 is 34.7 Å². The first-order chi connectivity index (χ1) is 11.3. The minimum absolute atomic E-state index is 0.334. The van der Waals surface area contributed by atoms with Crippen molar-refractivity contribution in [2.75, 3.05) is 28.2 Å². The Morgan fingerprint density at radius 1 is 1.33 bits per heavy atom. The first-order valence-corrected chi connectivity index (χ1v) is 10.8. The van der Waals surface area contributed by atoms with E-state index >= 15 is 0 Å². The van der Waals surface area contributed by atoms with Crippen LogP contribution in [-0.2, 0) is 14.8 Å². The van der Waals surface area contributed by atoms with Gasteiger partial charge >= 0.3 is 0 Å².